The van der Waals surface area contributed by atoms with E-state index in [9.17, 15) is 0 Å². The Labute approximate surface area is 111 Å². The molecule has 17 heavy (non-hydrogen) atoms. The van der Waals surface area contributed by atoms with Crippen molar-refractivity contribution in [2.75, 3.05) is 13.6 Å². The third kappa shape index (κ3) is 3.06. The predicted octanol–water partition coefficient (Wildman–Crippen LogP) is 3.79. The Morgan fingerprint density at radius 2 is 2.29 bits per heavy atom. The highest BCUT2D eigenvalue weighted by atomic mass is 35.5. The average Bonchev–Trinajstić information content (AvgIpc) is 2.78. The number of nitrogens with zero attached hydrogens (tertiary/aromatic N) is 1. The first kappa shape index (κ1) is 12.6. The van der Waals surface area contributed by atoms with Gasteiger partial charge in [0.1, 0.15) is 0 Å². The summed E-state index contributed by atoms with van der Waals surface area (Å²) in [6.45, 7) is 3.12. The van der Waals surface area contributed by atoms with Crippen LogP contribution >= 0.6 is 22.9 Å². The van der Waals surface area contributed by atoms with Gasteiger partial charge in [-0.3, -0.25) is 0 Å². The van der Waals surface area contributed by atoms with E-state index in [1.54, 1.807) is 11.3 Å². The number of rotatable bonds is 4. The normalized spacial score (nSPS) is 12.6. The summed E-state index contributed by atoms with van der Waals surface area (Å²) in [5.74, 6) is 0.443. The molecule has 0 aliphatic carbocycles. The van der Waals surface area contributed by atoms with Gasteiger partial charge in [0.25, 0.3) is 0 Å². The van der Waals surface area contributed by atoms with E-state index in [4.69, 9.17) is 11.6 Å². The van der Waals surface area contributed by atoms with E-state index in [-0.39, 0.29) is 0 Å². The Morgan fingerprint density at radius 1 is 1.47 bits per heavy atom. The predicted molar refractivity (Wildman–Crippen MR) is 74.9 cm³/mol. The van der Waals surface area contributed by atoms with E-state index in [0.29, 0.717) is 5.92 Å². The van der Waals surface area contributed by atoms with Gasteiger partial charge in [-0.25, -0.2) is 4.98 Å². The highest BCUT2D eigenvalue weighted by Crippen LogP contribution is 2.27. The molecule has 1 unspecified atom stereocenters. The minimum atomic E-state index is 0.443. The summed E-state index contributed by atoms with van der Waals surface area (Å²) in [6.07, 6.45) is 0. The van der Waals surface area contributed by atoms with Crippen molar-refractivity contribution >= 4 is 22.9 Å². The molecule has 2 nitrogen and oxygen atoms in total. The third-order valence-electron chi connectivity index (χ3n) is 2.57. The molecule has 2 rings (SSSR count). The van der Waals surface area contributed by atoms with Crippen LogP contribution in [0.25, 0.3) is 11.3 Å². The molecule has 0 bridgehead atoms. The lowest BCUT2D eigenvalue weighted by atomic mass is 10.1. The lowest BCUT2D eigenvalue weighted by molar-refractivity contribution is 0.674. The Kier molecular flexibility index (Phi) is 4.15. The molecule has 0 amide bonds. The number of halogens is 1. The quantitative estimate of drug-likeness (QED) is 0.911. The number of benzene rings is 1. The van der Waals surface area contributed by atoms with Gasteiger partial charge in [-0.2, -0.15) is 0 Å². The Balaban J connectivity index is 2.23. The summed E-state index contributed by atoms with van der Waals surface area (Å²) in [6, 6.07) is 7.81. The zero-order valence-corrected chi connectivity index (χ0v) is 11.5. The van der Waals surface area contributed by atoms with E-state index < -0.39 is 0 Å². The molecule has 1 N–H and O–H groups in total. The molecule has 0 saturated carbocycles. The molecule has 0 aliphatic heterocycles. The molecule has 0 radical (unpaired) electrons. The van der Waals surface area contributed by atoms with Crippen LogP contribution in [0.3, 0.4) is 0 Å². The second-order valence-corrected chi connectivity index (χ2v) is 5.37. The molecule has 1 aromatic heterocycles. The monoisotopic (exact) mass is 266 g/mol. The van der Waals surface area contributed by atoms with Crippen LogP contribution in [0.1, 0.15) is 17.8 Å². The van der Waals surface area contributed by atoms with Crippen molar-refractivity contribution in [2.45, 2.75) is 12.8 Å². The fourth-order valence-corrected chi connectivity index (χ4v) is 2.77. The Hall–Kier alpha value is -0.900. The maximum absolute atomic E-state index is 5.98. The summed E-state index contributed by atoms with van der Waals surface area (Å²) >= 11 is 7.68. The van der Waals surface area contributed by atoms with Crippen molar-refractivity contribution in [3.8, 4) is 11.3 Å². The number of aromatic nitrogens is 1. The summed E-state index contributed by atoms with van der Waals surface area (Å²) in [7, 11) is 1.96. The van der Waals surface area contributed by atoms with Crippen LogP contribution in [-0.2, 0) is 0 Å². The van der Waals surface area contributed by atoms with Crippen LogP contribution in [0.5, 0.6) is 0 Å². The van der Waals surface area contributed by atoms with Crippen LogP contribution in [0.2, 0.25) is 5.02 Å². The van der Waals surface area contributed by atoms with Gasteiger partial charge in [-0.1, -0.05) is 30.7 Å². The van der Waals surface area contributed by atoms with Crippen LogP contribution in [0.15, 0.2) is 29.6 Å². The molecule has 4 heteroatoms. The van der Waals surface area contributed by atoms with E-state index in [0.717, 1.165) is 27.8 Å². The van der Waals surface area contributed by atoms with Crippen molar-refractivity contribution < 1.29 is 0 Å². The average molecular weight is 267 g/mol. The van der Waals surface area contributed by atoms with Crippen LogP contribution in [0.4, 0.5) is 0 Å². The van der Waals surface area contributed by atoms with E-state index in [1.807, 2.05) is 31.3 Å². The number of thiazole rings is 1. The van der Waals surface area contributed by atoms with Crippen LogP contribution in [0, 0.1) is 0 Å². The molecule has 1 aromatic carbocycles. The standard InChI is InChI=1S/C13H15ClN2S/c1-9(7-15-2)13-16-12(8-17-13)10-4-3-5-11(14)6-10/h3-6,8-9,15H,7H2,1-2H3. The molecular weight excluding hydrogens is 252 g/mol. The van der Waals surface area contributed by atoms with Crippen molar-refractivity contribution in [2.24, 2.45) is 0 Å². The van der Waals surface area contributed by atoms with Gasteiger partial charge in [0.2, 0.25) is 0 Å². The first-order chi connectivity index (χ1) is 8.20. The summed E-state index contributed by atoms with van der Waals surface area (Å²) in [4.78, 5) is 4.66. The van der Waals surface area contributed by atoms with E-state index in [1.165, 1.54) is 0 Å². The number of nitrogens with one attached hydrogen (secondary N) is 1. The summed E-state index contributed by atoms with van der Waals surface area (Å²) in [5, 5.41) is 7.17. The van der Waals surface area contributed by atoms with E-state index in [2.05, 4.69) is 22.6 Å². The van der Waals surface area contributed by atoms with Gasteiger partial charge in [0.15, 0.2) is 0 Å². The van der Waals surface area contributed by atoms with Gasteiger partial charge in [-0.15, -0.1) is 11.3 Å². The summed E-state index contributed by atoms with van der Waals surface area (Å²) < 4.78 is 0. The fraction of sp³-hybridized carbons (Fsp3) is 0.308. The lowest BCUT2D eigenvalue weighted by Gasteiger charge is -2.05. The molecule has 1 heterocycles. The van der Waals surface area contributed by atoms with E-state index >= 15 is 0 Å². The van der Waals surface area contributed by atoms with Crippen LogP contribution in [-0.4, -0.2) is 18.6 Å². The van der Waals surface area contributed by atoms with Gasteiger partial charge in [0.05, 0.1) is 10.7 Å². The van der Waals surface area contributed by atoms with Crippen molar-refractivity contribution in [3.05, 3.63) is 39.7 Å². The SMILES string of the molecule is CNCC(C)c1nc(-c2cccc(Cl)c2)cs1. The zero-order chi connectivity index (χ0) is 12.3. The minimum absolute atomic E-state index is 0.443. The molecule has 2 aromatic rings. The second kappa shape index (κ2) is 5.63. The Bertz CT molecular complexity index is 496. The lowest BCUT2D eigenvalue weighted by Crippen LogP contribution is -2.14. The third-order valence-corrected chi connectivity index (χ3v) is 3.89. The molecule has 0 aliphatic rings. The van der Waals surface area contributed by atoms with Gasteiger partial charge < -0.3 is 5.32 Å². The highest BCUT2D eigenvalue weighted by molar-refractivity contribution is 7.10. The maximum Gasteiger partial charge on any atom is 0.0973 e. The summed E-state index contributed by atoms with van der Waals surface area (Å²) in [5.41, 5.74) is 2.09. The van der Waals surface area contributed by atoms with Gasteiger partial charge >= 0.3 is 0 Å². The smallest absolute Gasteiger partial charge is 0.0973 e. The topological polar surface area (TPSA) is 24.9 Å². The molecule has 90 valence electrons. The molecule has 0 fully saturated rings. The zero-order valence-electron chi connectivity index (χ0n) is 9.90. The Morgan fingerprint density at radius 3 is 3.00 bits per heavy atom. The highest BCUT2D eigenvalue weighted by Gasteiger charge is 2.10. The maximum atomic E-state index is 5.98. The van der Waals surface area contributed by atoms with Gasteiger partial charge in [-0.05, 0) is 19.2 Å². The first-order valence-corrected chi connectivity index (χ1v) is 6.82. The second-order valence-electron chi connectivity index (χ2n) is 4.04. The molecule has 0 saturated heterocycles. The largest absolute Gasteiger partial charge is 0.319 e. The minimum Gasteiger partial charge on any atom is -0.319 e. The first-order valence-electron chi connectivity index (χ1n) is 5.56. The number of likely N-dealkylation sites (N-methyl/N-ethyl adjacent to an activating group) is 1. The molecular formula is C13H15ClN2S. The number of hydrogen-bond donors (Lipinski definition) is 1. The van der Waals surface area contributed by atoms with Crippen molar-refractivity contribution in [3.63, 3.8) is 0 Å². The van der Waals surface area contributed by atoms with Crippen molar-refractivity contribution in [1.82, 2.24) is 10.3 Å². The van der Waals surface area contributed by atoms with Gasteiger partial charge in [0, 0.05) is 28.4 Å². The van der Waals surface area contributed by atoms with Crippen LogP contribution < -0.4 is 5.32 Å². The molecule has 0 spiro atoms. The molecule has 1 atom stereocenters. The number of hydrogen-bond acceptors (Lipinski definition) is 3. The fourth-order valence-electron chi connectivity index (χ4n) is 1.69. The van der Waals surface area contributed by atoms with Crippen molar-refractivity contribution in [1.29, 1.82) is 0 Å².